The van der Waals surface area contributed by atoms with E-state index in [2.05, 4.69) is 5.32 Å². The molecule has 0 radical (unpaired) electrons. The van der Waals surface area contributed by atoms with Gasteiger partial charge in [-0.15, -0.1) is 0 Å². The lowest BCUT2D eigenvalue weighted by molar-refractivity contribution is 0.102. The molecule has 2 rings (SSSR count). The van der Waals surface area contributed by atoms with Crippen LogP contribution in [0, 0.1) is 0 Å². The van der Waals surface area contributed by atoms with E-state index in [0.29, 0.717) is 29.3 Å². The minimum Gasteiger partial charge on any atom is -0.508 e. The lowest BCUT2D eigenvalue weighted by atomic mass is 10.2. The third-order valence-electron chi connectivity index (χ3n) is 2.71. The first-order valence-corrected chi connectivity index (χ1v) is 6.23. The summed E-state index contributed by atoms with van der Waals surface area (Å²) in [5.74, 6) is 0.500. The van der Waals surface area contributed by atoms with E-state index in [1.54, 1.807) is 30.3 Å². The monoisotopic (exact) mass is 272 g/mol. The number of carbonyl (C=O) groups excluding carboxylic acids is 1. The fourth-order valence-corrected chi connectivity index (χ4v) is 1.73. The highest BCUT2D eigenvalue weighted by Gasteiger charge is 2.08. The topological polar surface area (TPSA) is 84.6 Å². The van der Waals surface area contributed by atoms with Crippen molar-refractivity contribution in [1.29, 1.82) is 0 Å². The summed E-state index contributed by atoms with van der Waals surface area (Å²) in [6.07, 6.45) is 0. The quantitative estimate of drug-likeness (QED) is 0.590. The van der Waals surface area contributed by atoms with Gasteiger partial charge in [-0.1, -0.05) is 0 Å². The molecule has 0 aliphatic heterocycles. The van der Waals surface area contributed by atoms with Gasteiger partial charge in [0.1, 0.15) is 11.5 Å². The minimum absolute atomic E-state index is 0.0570. The standard InChI is InChI=1S/C15H16N2O3/c1-2-20-12-6-3-10(4-7-12)15(19)17-14-8-5-11(18)9-13(14)16/h3-9,18H,2,16H2,1H3,(H,17,19). The van der Waals surface area contributed by atoms with Crippen LogP contribution in [0.2, 0.25) is 0 Å². The molecule has 5 heteroatoms. The molecular weight excluding hydrogens is 256 g/mol. The molecule has 20 heavy (non-hydrogen) atoms. The van der Waals surface area contributed by atoms with Crippen LogP contribution in [0.15, 0.2) is 42.5 Å². The number of nitrogens with one attached hydrogen (secondary N) is 1. The van der Waals surface area contributed by atoms with Crippen molar-refractivity contribution in [3.8, 4) is 11.5 Å². The van der Waals surface area contributed by atoms with Crippen LogP contribution in [-0.4, -0.2) is 17.6 Å². The van der Waals surface area contributed by atoms with Gasteiger partial charge < -0.3 is 20.9 Å². The molecule has 1 amide bonds. The van der Waals surface area contributed by atoms with E-state index in [9.17, 15) is 9.90 Å². The van der Waals surface area contributed by atoms with Crippen molar-refractivity contribution in [1.82, 2.24) is 0 Å². The van der Waals surface area contributed by atoms with E-state index in [4.69, 9.17) is 10.5 Å². The first kappa shape index (κ1) is 13.7. The van der Waals surface area contributed by atoms with Crippen LogP contribution in [0.5, 0.6) is 11.5 Å². The maximum atomic E-state index is 12.1. The lowest BCUT2D eigenvalue weighted by Gasteiger charge is -2.09. The number of phenols is 1. The van der Waals surface area contributed by atoms with Crippen LogP contribution in [-0.2, 0) is 0 Å². The van der Waals surface area contributed by atoms with E-state index in [-0.39, 0.29) is 11.7 Å². The number of benzene rings is 2. The molecular formula is C15H16N2O3. The van der Waals surface area contributed by atoms with Gasteiger partial charge in [0.25, 0.3) is 5.91 Å². The average molecular weight is 272 g/mol. The number of carbonyl (C=O) groups is 1. The molecule has 5 nitrogen and oxygen atoms in total. The Balaban J connectivity index is 2.11. The minimum atomic E-state index is -0.273. The highest BCUT2D eigenvalue weighted by Crippen LogP contribution is 2.24. The maximum Gasteiger partial charge on any atom is 0.255 e. The van der Waals surface area contributed by atoms with E-state index >= 15 is 0 Å². The SMILES string of the molecule is CCOc1ccc(C(=O)Nc2ccc(O)cc2N)cc1. The zero-order valence-electron chi connectivity index (χ0n) is 11.1. The number of hydrogen-bond donors (Lipinski definition) is 3. The van der Waals surface area contributed by atoms with Crippen molar-refractivity contribution in [2.75, 3.05) is 17.7 Å². The Hall–Kier alpha value is -2.69. The molecule has 0 aliphatic carbocycles. The van der Waals surface area contributed by atoms with Gasteiger partial charge in [0.2, 0.25) is 0 Å². The van der Waals surface area contributed by atoms with Crippen LogP contribution in [0.25, 0.3) is 0 Å². The zero-order valence-corrected chi connectivity index (χ0v) is 11.1. The van der Waals surface area contributed by atoms with Gasteiger partial charge in [-0.3, -0.25) is 4.79 Å². The number of nitrogen functional groups attached to an aromatic ring is 1. The van der Waals surface area contributed by atoms with E-state index in [1.807, 2.05) is 6.92 Å². The van der Waals surface area contributed by atoms with Crippen molar-refractivity contribution < 1.29 is 14.6 Å². The number of phenolic OH excluding ortho intramolecular Hbond substituents is 1. The predicted molar refractivity (Wildman–Crippen MR) is 78.1 cm³/mol. The van der Waals surface area contributed by atoms with Crippen molar-refractivity contribution in [2.45, 2.75) is 6.92 Å². The summed E-state index contributed by atoms with van der Waals surface area (Å²) >= 11 is 0. The number of hydrogen-bond acceptors (Lipinski definition) is 4. The van der Waals surface area contributed by atoms with Crippen molar-refractivity contribution in [3.05, 3.63) is 48.0 Å². The first-order valence-electron chi connectivity index (χ1n) is 6.23. The van der Waals surface area contributed by atoms with Gasteiger partial charge in [0, 0.05) is 11.6 Å². The van der Waals surface area contributed by atoms with Crippen LogP contribution < -0.4 is 15.8 Å². The third kappa shape index (κ3) is 3.20. The highest BCUT2D eigenvalue weighted by atomic mass is 16.5. The smallest absolute Gasteiger partial charge is 0.255 e. The summed E-state index contributed by atoms with van der Waals surface area (Å²) in [5.41, 5.74) is 6.99. The number of anilines is 2. The van der Waals surface area contributed by atoms with Crippen molar-refractivity contribution in [2.24, 2.45) is 0 Å². The second-order valence-corrected chi connectivity index (χ2v) is 4.18. The third-order valence-corrected chi connectivity index (χ3v) is 2.71. The van der Waals surface area contributed by atoms with Crippen LogP contribution in [0.1, 0.15) is 17.3 Å². The largest absolute Gasteiger partial charge is 0.508 e. The Kier molecular flexibility index (Phi) is 4.10. The fourth-order valence-electron chi connectivity index (χ4n) is 1.73. The normalized spacial score (nSPS) is 10.1. The number of nitrogens with two attached hydrogens (primary N) is 1. The van der Waals surface area contributed by atoms with Crippen LogP contribution in [0.4, 0.5) is 11.4 Å². The molecule has 4 N–H and O–H groups in total. The molecule has 0 aromatic heterocycles. The van der Waals surface area contributed by atoms with Crippen LogP contribution in [0.3, 0.4) is 0 Å². The molecule has 104 valence electrons. The van der Waals surface area contributed by atoms with E-state index < -0.39 is 0 Å². The number of ether oxygens (including phenoxy) is 1. The molecule has 0 saturated heterocycles. The van der Waals surface area contributed by atoms with Gasteiger partial charge in [-0.05, 0) is 43.3 Å². The van der Waals surface area contributed by atoms with Gasteiger partial charge in [0.05, 0.1) is 18.0 Å². The molecule has 2 aromatic carbocycles. The summed E-state index contributed by atoms with van der Waals surface area (Å²) in [6, 6.07) is 11.2. The van der Waals surface area contributed by atoms with Crippen molar-refractivity contribution in [3.63, 3.8) is 0 Å². The molecule has 0 aliphatic rings. The van der Waals surface area contributed by atoms with Gasteiger partial charge in [0.15, 0.2) is 0 Å². The fraction of sp³-hybridized carbons (Fsp3) is 0.133. The summed E-state index contributed by atoms with van der Waals surface area (Å²) in [7, 11) is 0. The maximum absolute atomic E-state index is 12.1. The lowest BCUT2D eigenvalue weighted by Crippen LogP contribution is -2.13. The molecule has 0 saturated carbocycles. The van der Waals surface area contributed by atoms with Crippen LogP contribution >= 0.6 is 0 Å². The second kappa shape index (κ2) is 5.97. The first-order chi connectivity index (χ1) is 9.60. The summed E-state index contributed by atoms with van der Waals surface area (Å²) < 4.78 is 5.31. The number of aromatic hydroxyl groups is 1. The van der Waals surface area contributed by atoms with Gasteiger partial charge in [-0.25, -0.2) is 0 Å². The summed E-state index contributed by atoms with van der Waals surface area (Å²) in [5, 5.41) is 12.0. The predicted octanol–water partition coefficient (Wildman–Crippen LogP) is 2.63. The Labute approximate surface area is 117 Å². The number of rotatable bonds is 4. The Bertz CT molecular complexity index is 609. The highest BCUT2D eigenvalue weighted by molar-refractivity contribution is 6.05. The Morgan fingerprint density at radius 1 is 1.25 bits per heavy atom. The molecule has 0 unspecified atom stereocenters. The molecule has 0 bridgehead atoms. The summed E-state index contributed by atoms with van der Waals surface area (Å²) in [4.78, 5) is 12.1. The van der Waals surface area contributed by atoms with E-state index in [1.165, 1.54) is 12.1 Å². The second-order valence-electron chi connectivity index (χ2n) is 4.18. The summed E-state index contributed by atoms with van der Waals surface area (Å²) in [6.45, 7) is 2.48. The van der Waals surface area contributed by atoms with Gasteiger partial charge in [-0.2, -0.15) is 0 Å². The molecule has 0 atom stereocenters. The Morgan fingerprint density at radius 2 is 1.95 bits per heavy atom. The molecule has 2 aromatic rings. The van der Waals surface area contributed by atoms with E-state index in [0.717, 1.165) is 0 Å². The molecule has 0 heterocycles. The van der Waals surface area contributed by atoms with Crippen molar-refractivity contribution >= 4 is 17.3 Å². The number of amides is 1. The zero-order chi connectivity index (χ0) is 14.5. The molecule has 0 fully saturated rings. The van der Waals surface area contributed by atoms with Gasteiger partial charge >= 0.3 is 0 Å². The Morgan fingerprint density at radius 3 is 2.55 bits per heavy atom. The average Bonchev–Trinajstić information content (AvgIpc) is 2.43. The molecule has 0 spiro atoms.